The fraction of sp³-hybridized carbons (Fsp3) is 0.214. The minimum absolute atomic E-state index is 0.669. The molecule has 1 fully saturated rings. The number of rotatable bonds is 6. The van der Waals surface area contributed by atoms with E-state index in [0.717, 1.165) is 33.0 Å². The Morgan fingerprint density at radius 1 is 0.912 bits per heavy atom. The Morgan fingerprint density at radius 3 is 2.26 bits per heavy atom. The van der Waals surface area contributed by atoms with Crippen molar-refractivity contribution in [2.45, 2.75) is 38.0 Å². The lowest BCUT2D eigenvalue weighted by atomic mass is 10.1. The van der Waals surface area contributed by atoms with Crippen LogP contribution in [0.15, 0.2) is 96.2 Å². The van der Waals surface area contributed by atoms with Gasteiger partial charge in [0.1, 0.15) is 11.0 Å². The molecular weight excluding hydrogens is 442 g/mol. The number of fused-ring (bicyclic) bond motifs is 1. The molecule has 5 rings (SSSR count). The number of pyridine rings is 1. The average molecular weight is 474 g/mol. The molecule has 4 aromatic rings. The summed E-state index contributed by atoms with van der Waals surface area (Å²) >= 11 is 0. The third-order valence-electron chi connectivity index (χ3n) is 5.48. The van der Waals surface area contributed by atoms with Crippen molar-refractivity contribution >= 4 is 39.5 Å². The Kier molecular flexibility index (Phi) is 9.35. The van der Waals surface area contributed by atoms with Gasteiger partial charge in [0.2, 0.25) is 6.41 Å². The van der Waals surface area contributed by atoms with E-state index in [-0.39, 0.29) is 0 Å². The number of hydrogen-bond acceptors (Lipinski definition) is 3. The van der Waals surface area contributed by atoms with Gasteiger partial charge >= 0.3 is 0 Å². The lowest BCUT2D eigenvalue weighted by molar-refractivity contribution is -0.105. The highest BCUT2D eigenvalue weighted by molar-refractivity contribution is 7.86. The Hall–Kier alpha value is -3.51. The van der Waals surface area contributed by atoms with E-state index in [1.165, 1.54) is 12.0 Å². The van der Waals surface area contributed by atoms with E-state index in [1.807, 2.05) is 80.6 Å². The van der Waals surface area contributed by atoms with E-state index in [4.69, 9.17) is 0 Å². The van der Waals surface area contributed by atoms with Gasteiger partial charge < -0.3 is 10.0 Å². The number of amides is 1. The molecule has 1 aliphatic rings. The summed E-state index contributed by atoms with van der Waals surface area (Å²) in [4.78, 5) is 15.0. The Bertz CT molecular complexity index is 1210. The minimum Gasteiger partial charge on any atom is -0.329 e. The van der Waals surface area contributed by atoms with Gasteiger partial charge in [0.25, 0.3) is 0 Å². The summed E-state index contributed by atoms with van der Waals surface area (Å²) in [5.74, 6) is 1.52. The molecule has 2 N–H and O–H groups in total. The summed E-state index contributed by atoms with van der Waals surface area (Å²) < 4.78 is 15.2. The van der Waals surface area contributed by atoms with Crippen LogP contribution in [0.2, 0.25) is 0 Å². The van der Waals surface area contributed by atoms with Gasteiger partial charge in [0, 0.05) is 29.2 Å². The van der Waals surface area contributed by atoms with Crippen molar-refractivity contribution in [3.8, 4) is 0 Å². The van der Waals surface area contributed by atoms with Crippen LogP contribution >= 0.6 is 0 Å². The molecule has 0 aliphatic heterocycles. The normalized spacial score (nSPS) is 16.7. The Morgan fingerprint density at radius 2 is 1.62 bits per heavy atom. The van der Waals surface area contributed by atoms with Gasteiger partial charge in [-0.1, -0.05) is 57.2 Å². The number of carbonyl (C=O) groups is 1. The van der Waals surface area contributed by atoms with Crippen molar-refractivity contribution in [2.75, 3.05) is 10.0 Å². The quantitative estimate of drug-likeness (QED) is 0.303. The van der Waals surface area contributed by atoms with Gasteiger partial charge in [-0.2, -0.15) is 0 Å². The summed E-state index contributed by atoms with van der Waals surface area (Å²) in [5, 5.41) is 4.74. The monoisotopic (exact) mass is 473 g/mol. The van der Waals surface area contributed by atoms with Crippen molar-refractivity contribution < 1.29 is 9.00 Å². The highest BCUT2D eigenvalue weighted by Crippen LogP contribution is 2.46. The molecule has 6 heteroatoms. The topological polar surface area (TPSA) is 71.1 Å². The molecule has 1 heterocycles. The van der Waals surface area contributed by atoms with Crippen LogP contribution in [0.5, 0.6) is 0 Å². The molecule has 0 spiro atoms. The molecule has 1 saturated carbocycles. The molecule has 1 amide bonds. The van der Waals surface area contributed by atoms with E-state index in [1.54, 1.807) is 12.4 Å². The second-order valence-electron chi connectivity index (χ2n) is 7.83. The summed E-state index contributed by atoms with van der Waals surface area (Å²) in [6.07, 6.45) is 5.47. The summed E-state index contributed by atoms with van der Waals surface area (Å²) in [7, 11) is -1.19. The molecule has 1 aromatic heterocycles. The number of anilines is 2. The molecule has 0 bridgehead atoms. The zero-order chi connectivity index (χ0) is 24.3. The van der Waals surface area contributed by atoms with E-state index in [0.29, 0.717) is 12.3 Å². The van der Waals surface area contributed by atoms with Crippen molar-refractivity contribution in [1.29, 1.82) is 0 Å². The molecular formula is C28H31N3O2S. The lowest BCUT2D eigenvalue weighted by Gasteiger charge is -2.06. The number of hydrogen-bond donors (Lipinski definition) is 2. The SMILES string of the molecule is CC.CC1C[C@H]1c1ccc(S(=O)Nc2ccccc2)cc1.O=CNc1ccc2cnccc2c1. The van der Waals surface area contributed by atoms with Crippen LogP contribution in [-0.2, 0) is 15.8 Å². The minimum atomic E-state index is -1.19. The van der Waals surface area contributed by atoms with E-state index < -0.39 is 11.0 Å². The largest absolute Gasteiger partial charge is 0.329 e. The highest BCUT2D eigenvalue weighted by atomic mass is 32.2. The van der Waals surface area contributed by atoms with E-state index >= 15 is 0 Å². The highest BCUT2D eigenvalue weighted by Gasteiger charge is 2.33. The second-order valence-corrected chi connectivity index (χ2v) is 9.04. The third-order valence-corrected chi connectivity index (χ3v) is 6.60. The first-order valence-corrected chi connectivity index (χ1v) is 12.7. The molecule has 3 aromatic carbocycles. The van der Waals surface area contributed by atoms with Crippen LogP contribution < -0.4 is 10.0 Å². The summed E-state index contributed by atoms with van der Waals surface area (Å²) in [6.45, 7) is 6.27. The molecule has 34 heavy (non-hydrogen) atoms. The zero-order valence-corrected chi connectivity index (χ0v) is 20.6. The predicted octanol–water partition coefficient (Wildman–Crippen LogP) is 6.77. The second kappa shape index (κ2) is 12.7. The Labute approximate surface area is 204 Å². The number of para-hydroxylation sites is 1. The average Bonchev–Trinajstić information content (AvgIpc) is 3.63. The van der Waals surface area contributed by atoms with Crippen LogP contribution in [0.25, 0.3) is 10.8 Å². The number of aromatic nitrogens is 1. The van der Waals surface area contributed by atoms with Crippen molar-refractivity contribution in [3.63, 3.8) is 0 Å². The molecule has 3 atom stereocenters. The number of nitrogens with one attached hydrogen (secondary N) is 2. The van der Waals surface area contributed by atoms with Gasteiger partial charge in [-0.05, 0) is 71.7 Å². The maximum atomic E-state index is 12.2. The summed E-state index contributed by atoms with van der Waals surface area (Å²) in [5.41, 5.74) is 3.04. The number of benzene rings is 3. The molecule has 1 aliphatic carbocycles. The van der Waals surface area contributed by atoms with Gasteiger partial charge in [0.05, 0.1) is 4.90 Å². The van der Waals surface area contributed by atoms with Crippen molar-refractivity contribution in [2.24, 2.45) is 5.92 Å². The molecule has 0 radical (unpaired) electrons. The molecule has 176 valence electrons. The Balaban J connectivity index is 0.000000189. The first-order valence-electron chi connectivity index (χ1n) is 11.5. The van der Waals surface area contributed by atoms with Gasteiger partial charge in [-0.25, -0.2) is 4.21 Å². The zero-order valence-electron chi connectivity index (χ0n) is 19.8. The summed E-state index contributed by atoms with van der Waals surface area (Å²) in [6, 6.07) is 25.4. The van der Waals surface area contributed by atoms with E-state index in [9.17, 15) is 9.00 Å². The number of nitrogens with zero attached hydrogens (tertiary/aromatic N) is 1. The molecule has 5 nitrogen and oxygen atoms in total. The van der Waals surface area contributed by atoms with Gasteiger partial charge in [-0.15, -0.1) is 0 Å². The standard InChI is InChI=1S/C16H17NOS.C10H8N2O.C2H6/c1-12-11-16(12)13-7-9-15(10-8-13)19(18)17-14-5-3-2-4-6-14;13-7-12-10-2-1-9-6-11-4-3-8(9)5-10;1-2/h2-10,12,16-17H,11H2,1H3;1-7H,(H,12,13);1-2H3/t12?,16-,19?;;/m1../s1. The predicted molar refractivity (Wildman–Crippen MR) is 142 cm³/mol. The van der Waals surface area contributed by atoms with Crippen LogP contribution in [0, 0.1) is 5.92 Å². The first kappa shape index (κ1) is 25.1. The third kappa shape index (κ3) is 6.99. The van der Waals surface area contributed by atoms with Crippen molar-refractivity contribution in [1.82, 2.24) is 4.98 Å². The van der Waals surface area contributed by atoms with E-state index in [2.05, 4.69) is 34.1 Å². The first-order chi connectivity index (χ1) is 16.6. The van der Waals surface area contributed by atoms with Crippen LogP contribution in [0.1, 0.15) is 38.7 Å². The van der Waals surface area contributed by atoms with Crippen molar-refractivity contribution in [3.05, 3.63) is 96.8 Å². The number of carbonyl (C=O) groups excluding carboxylic acids is 1. The van der Waals surface area contributed by atoms with Crippen LogP contribution in [-0.4, -0.2) is 15.6 Å². The van der Waals surface area contributed by atoms with Gasteiger partial charge in [0.15, 0.2) is 0 Å². The molecule has 0 saturated heterocycles. The lowest BCUT2D eigenvalue weighted by Crippen LogP contribution is -2.04. The van der Waals surface area contributed by atoms with Crippen LogP contribution in [0.3, 0.4) is 0 Å². The maximum absolute atomic E-state index is 12.2. The van der Waals surface area contributed by atoms with Gasteiger partial charge in [-0.3, -0.25) is 9.78 Å². The molecule has 2 unspecified atom stereocenters. The fourth-order valence-corrected chi connectivity index (χ4v) is 4.39. The fourth-order valence-electron chi connectivity index (χ4n) is 3.54. The van der Waals surface area contributed by atoms with Crippen LogP contribution in [0.4, 0.5) is 11.4 Å². The maximum Gasteiger partial charge on any atom is 0.211 e. The smallest absolute Gasteiger partial charge is 0.211 e.